The van der Waals surface area contributed by atoms with Crippen LogP contribution in [-0.2, 0) is 6.54 Å². The van der Waals surface area contributed by atoms with Crippen molar-refractivity contribution in [3.63, 3.8) is 0 Å². The zero-order valence-electron chi connectivity index (χ0n) is 9.28. The first-order valence-electron chi connectivity index (χ1n) is 5.24. The maximum absolute atomic E-state index is 13.4. The average Bonchev–Trinajstić information content (AvgIpc) is 2.84. The number of hydrogen-bond donors (Lipinski definition) is 1. The Morgan fingerprint density at radius 1 is 1.41 bits per heavy atom. The molecule has 0 aliphatic heterocycles. The van der Waals surface area contributed by atoms with Crippen LogP contribution in [-0.4, -0.2) is 4.98 Å². The molecule has 0 saturated carbocycles. The second-order valence-corrected chi connectivity index (χ2v) is 4.61. The summed E-state index contributed by atoms with van der Waals surface area (Å²) in [5.41, 5.74) is 0.327. The van der Waals surface area contributed by atoms with Crippen molar-refractivity contribution in [2.75, 3.05) is 0 Å². The molecule has 2 nitrogen and oxygen atoms in total. The van der Waals surface area contributed by atoms with Crippen LogP contribution < -0.4 is 5.32 Å². The highest BCUT2D eigenvalue weighted by molar-refractivity contribution is 7.09. The van der Waals surface area contributed by atoms with Crippen molar-refractivity contribution < 1.29 is 8.78 Å². The molecule has 0 bridgehead atoms. The number of nitrogens with one attached hydrogen (secondary N) is 1. The lowest BCUT2D eigenvalue weighted by Crippen LogP contribution is -2.18. The Morgan fingerprint density at radius 3 is 2.94 bits per heavy atom. The van der Waals surface area contributed by atoms with Crippen LogP contribution in [0.4, 0.5) is 8.78 Å². The zero-order chi connectivity index (χ0) is 12.3. The van der Waals surface area contributed by atoms with Gasteiger partial charge in [0, 0.05) is 23.7 Å². The minimum atomic E-state index is -0.814. The van der Waals surface area contributed by atoms with Crippen LogP contribution in [0.5, 0.6) is 0 Å². The van der Waals surface area contributed by atoms with Crippen molar-refractivity contribution in [1.82, 2.24) is 10.3 Å². The topological polar surface area (TPSA) is 24.9 Å². The molecule has 2 aromatic rings. The molecule has 0 fully saturated rings. The van der Waals surface area contributed by atoms with Gasteiger partial charge in [-0.2, -0.15) is 0 Å². The van der Waals surface area contributed by atoms with E-state index in [1.54, 1.807) is 12.3 Å². The van der Waals surface area contributed by atoms with Gasteiger partial charge in [-0.15, -0.1) is 11.3 Å². The molecular formula is C12H12F2N2S. The monoisotopic (exact) mass is 254 g/mol. The quantitative estimate of drug-likeness (QED) is 0.905. The van der Waals surface area contributed by atoms with Crippen molar-refractivity contribution in [2.24, 2.45) is 0 Å². The second kappa shape index (κ2) is 5.33. The van der Waals surface area contributed by atoms with E-state index in [9.17, 15) is 8.78 Å². The number of rotatable bonds is 4. The molecule has 0 spiro atoms. The van der Waals surface area contributed by atoms with Gasteiger partial charge in [0.05, 0.1) is 6.04 Å². The van der Waals surface area contributed by atoms with E-state index in [4.69, 9.17) is 0 Å². The van der Waals surface area contributed by atoms with Gasteiger partial charge in [-0.3, -0.25) is 0 Å². The van der Waals surface area contributed by atoms with E-state index in [0.29, 0.717) is 5.56 Å². The van der Waals surface area contributed by atoms with Crippen LogP contribution >= 0.6 is 11.3 Å². The maximum Gasteiger partial charge on any atom is 0.163 e. The Hall–Kier alpha value is -1.33. The van der Waals surface area contributed by atoms with E-state index < -0.39 is 11.6 Å². The van der Waals surface area contributed by atoms with Crippen LogP contribution in [0.15, 0.2) is 29.8 Å². The highest BCUT2D eigenvalue weighted by atomic mass is 32.1. The summed E-state index contributed by atoms with van der Waals surface area (Å²) in [6.45, 7) is 2.22. The molecule has 1 heterocycles. The number of hydrogen-bond acceptors (Lipinski definition) is 3. The molecule has 1 unspecified atom stereocenters. The molecule has 2 rings (SSSR count). The summed E-state index contributed by atoms with van der Waals surface area (Å²) in [6.07, 6.45) is 1.72. The second-order valence-electron chi connectivity index (χ2n) is 3.69. The van der Waals surface area contributed by atoms with Gasteiger partial charge >= 0.3 is 0 Å². The first kappa shape index (κ1) is 12.1. The van der Waals surface area contributed by atoms with Gasteiger partial charge in [-0.05, 0) is 13.0 Å². The van der Waals surface area contributed by atoms with Crippen LogP contribution in [0.3, 0.4) is 0 Å². The number of nitrogens with zero attached hydrogens (tertiary/aromatic N) is 1. The Balaban J connectivity index is 2.00. The molecule has 0 amide bonds. The molecule has 1 aromatic carbocycles. The number of halogens is 2. The Morgan fingerprint density at radius 2 is 2.24 bits per heavy atom. The van der Waals surface area contributed by atoms with E-state index in [2.05, 4.69) is 10.3 Å². The average molecular weight is 254 g/mol. The first-order chi connectivity index (χ1) is 8.18. The summed E-state index contributed by atoms with van der Waals surface area (Å²) in [4.78, 5) is 4.16. The van der Waals surface area contributed by atoms with Gasteiger partial charge in [0.15, 0.2) is 11.6 Å². The third-order valence-corrected chi connectivity index (χ3v) is 3.41. The van der Waals surface area contributed by atoms with Crippen LogP contribution in [0, 0.1) is 11.6 Å². The molecule has 1 atom stereocenters. The SMILES string of the molecule is CC(NCc1cccc(F)c1F)c1nccs1. The number of thiazole rings is 1. The lowest BCUT2D eigenvalue weighted by atomic mass is 10.2. The predicted molar refractivity (Wildman–Crippen MR) is 63.7 cm³/mol. The highest BCUT2D eigenvalue weighted by Gasteiger charge is 2.10. The first-order valence-corrected chi connectivity index (χ1v) is 6.12. The van der Waals surface area contributed by atoms with Gasteiger partial charge < -0.3 is 5.32 Å². The summed E-state index contributed by atoms with van der Waals surface area (Å²) in [5, 5.41) is 5.93. The molecular weight excluding hydrogens is 242 g/mol. The molecule has 5 heteroatoms. The van der Waals surface area contributed by atoms with Gasteiger partial charge in [-0.1, -0.05) is 12.1 Å². The summed E-state index contributed by atoms with van der Waals surface area (Å²) in [7, 11) is 0. The Bertz CT molecular complexity index is 485. The fraction of sp³-hybridized carbons (Fsp3) is 0.250. The molecule has 0 aliphatic carbocycles. The van der Waals surface area contributed by atoms with Gasteiger partial charge in [0.25, 0.3) is 0 Å². The predicted octanol–water partition coefficient (Wildman–Crippen LogP) is 3.27. The van der Waals surface area contributed by atoms with E-state index in [-0.39, 0.29) is 12.6 Å². The minimum Gasteiger partial charge on any atom is -0.304 e. The van der Waals surface area contributed by atoms with Crippen LogP contribution in [0.2, 0.25) is 0 Å². The van der Waals surface area contributed by atoms with Crippen molar-refractivity contribution in [2.45, 2.75) is 19.5 Å². The van der Waals surface area contributed by atoms with E-state index in [0.717, 1.165) is 11.1 Å². The van der Waals surface area contributed by atoms with E-state index in [1.165, 1.54) is 17.4 Å². The summed E-state index contributed by atoms with van der Waals surface area (Å²) < 4.78 is 26.3. The largest absolute Gasteiger partial charge is 0.304 e. The maximum atomic E-state index is 13.4. The van der Waals surface area contributed by atoms with Gasteiger partial charge in [0.2, 0.25) is 0 Å². The third kappa shape index (κ3) is 2.87. The molecule has 1 aromatic heterocycles. The fourth-order valence-electron chi connectivity index (χ4n) is 1.48. The standard InChI is InChI=1S/C12H12F2N2S/c1-8(12-15-5-6-17-12)16-7-9-3-2-4-10(13)11(9)14/h2-6,8,16H,7H2,1H3. The molecule has 1 N–H and O–H groups in total. The summed E-state index contributed by atoms with van der Waals surface area (Å²) >= 11 is 1.53. The smallest absolute Gasteiger partial charge is 0.163 e. The number of benzene rings is 1. The summed E-state index contributed by atoms with van der Waals surface area (Å²) in [6, 6.07) is 4.21. The molecule has 90 valence electrons. The summed E-state index contributed by atoms with van der Waals surface area (Å²) in [5.74, 6) is -1.60. The minimum absolute atomic E-state index is 0.0256. The molecule has 0 aliphatic rings. The number of aromatic nitrogens is 1. The van der Waals surface area contributed by atoms with Crippen molar-refractivity contribution in [1.29, 1.82) is 0 Å². The Labute approximate surface area is 102 Å². The zero-order valence-corrected chi connectivity index (χ0v) is 10.1. The van der Waals surface area contributed by atoms with Crippen LogP contribution in [0.25, 0.3) is 0 Å². The fourth-order valence-corrected chi connectivity index (χ4v) is 2.15. The highest BCUT2D eigenvalue weighted by Crippen LogP contribution is 2.17. The van der Waals surface area contributed by atoms with Gasteiger partial charge in [-0.25, -0.2) is 13.8 Å². The van der Waals surface area contributed by atoms with Crippen molar-refractivity contribution in [3.05, 3.63) is 52.0 Å². The third-order valence-electron chi connectivity index (χ3n) is 2.45. The lowest BCUT2D eigenvalue weighted by Gasteiger charge is -2.11. The normalized spacial score (nSPS) is 12.6. The van der Waals surface area contributed by atoms with Crippen LogP contribution in [0.1, 0.15) is 23.5 Å². The lowest BCUT2D eigenvalue weighted by molar-refractivity contribution is 0.484. The molecule has 17 heavy (non-hydrogen) atoms. The van der Waals surface area contributed by atoms with Gasteiger partial charge in [0.1, 0.15) is 5.01 Å². The van der Waals surface area contributed by atoms with E-state index >= 15 is 0 Å². The molecule has 0 saturated heterocycles. The van der Waals surface area contributed by atoms with Crippen molar-refractivity contribution in [3.8, 4) is 0 Å². The Kier molecular flexibility index (Phi) is 3.81. The molecule has 0 radical (unpaired) electrons. The van der Waals surface area contributed by atoms with Crippen molar-refractivity contribution >= 4 is 11.3 Å². The van der Waals surface area contributed by atoms with E-state index in [1.807, 2.05) is 12.3 Å².